The van der Waals surface area contributed by atoms with Crippen molar-refractivity contribution in [1.82, 2.24) is 9.13 Å². The number of methoxy groups -OCH3 is 2. The van der Waals surface area contributed by atoms with Crippen molar-refractivity contribution in [2.24, 2.45) is 0 Å². The lowest BCUT2D eigenvalue weighted by Crippen LogP contribution is -2.46. The molecule has 2 heterocycles. The van der Waals surface area contributed by atoms with E-state index >= 15 is 0 Å². The molecule has 1 aromatic heterocycles. The average molecular weight is 799 g/mol. The molecule has 3 aromatic carbocycles. The van der Waals surface area contributed by atoms with Gasteiger partial charge in [-0.2, -0.15) is 0 Å². The predicted molar refractivity (Wildman–Crippen MR) is 198 cm³/mol. The number of ether oxygens (including phenoxy) is 7. The summed E-state index contributed by atoms with van der Waals surface area (Å²) in [6.45, 7) is 2.07. The number of aromatic nitrogens is 2. The van der Waals surface area contributed by atoms with Crippen LogP contribution in [-0.4, -0.2) is 67.6 Å². The van der Waals surface area contributed by atoms with Crippen LogP contribution in [0.4, 0.5) is 0 Å². The highest BCUT2D eigenvalue weighted by molar-refractivity contribution is 6.35. The van der Waals surface area contributed by atoms with Gasteiger partial charge in [0, 0.05) is 46.1 Å². The standard InChI is InChI=1S/C37H40Cl4N2O9/c1-23-15-42(37(45)43(35(23)44)22-49-16-24-7-5-4-6-8-24)36-34(51-20-29(47-3)19-46-2)33(50-18-26-10-12-28(39)14-31(26)41)32(52-36)21-48-17-25-9-11-27(38)13-30(25)40/h4-15,29,32-34,36H,16-22H2,1-3H3/t29-,32-,33-,34-,36-/m1/s1. The largest absolute Gasteiger partial charge is 0.382 e. The van der Waals surface area contributed by atoms with Gasteiger partial charge in [0.05, 0.1) is 39.6 Å². The molecule has 0 saturated carbocycles. The summed E-state index contributed by atoms with van der Waals surface area (Å²) in [6, 6.07) is 19.7. The molecule has 11 nitrogen and oxygen atoms in total. The molecular weight excluding hydrogens is 758 g/mol. The van der Waals surface area contributed by atoms with Crippen LogP contribution in [0, 0.1) is 6.92 Å². The third kappa shape index (κ3) is 10.5. The highest BCUT2D eigenvalue weighted by Gasteiger charge is 2.48. The SMILES string of the molecule is COC[C@H](CO[C@@H]1[C@H](OCc2ccc(Cl)cc2Cl)[C@@H](COCc2ccc(Cl)cc2Cl)O[C@H]1n1cc(C)c(=O)n(COCc2ccccc2)c1=O)OC. The van der Waals surface area contributed by atoms with Crippen molar-refractivity contribution in [3.8, 4) is 0 Å². The topological polar surface area (TPSA) is 109 Å². The molecule has 280 valence electrons. The van der Waals surface area contributed by atoms with Crippen molar-refractivity contribution in [3.05, 3.63) is 136 Å². The maximum Gasteiger partial charge on any atom is 0.335 e. The van der Waals surface area contributed by atoms with Gasteiger partial charge in [0.2, 0.25) is 0 Å². The zero-order valence-electron chi connectivity index (χ0n) is 28.8. The molecule has 4 aromatic rings. The van der Waals surface area contributed by atoms with E-state index in [1.165, 1.54) is 10.8 Å². The van der Waals surface area contributed by atoms with Crippen LogP contribution < -0.4 is 11.2 Å². The molecule has 52 heavy (non-hydrogen) atoms. The van der Waals surface area contributed by atoms with Crippen molar-refractivity contribution in [1.29, 1.82) is 0 Å². The first-order chi connectivity index (χ1) is 25.1. The van der Waals surface area contributed by atoms with Gasteiger partial charge in [-0.15, -0.1) is 0 Å². The van der Waals surface area contributed by atoms with E-state index in [1.54, 1.807) is 57.5 Å². The number of nitrogens with zero attached hydrogens (tertiary/aromatic N) is 2. The van der Waals surface area contributed by atoms with Crippen LogP contribution in [0.25, 0.3) is 0 Å². The average Bonchev–Trinajstić information content (AvgIpc) is 3.47. The first-order valence-corrected chi connectivity index (χ1v) is 17.9. The quantitative estimate of drug-likeness (QED) is 0.107. The number of hydrogen-bond acceptors (Lipinski definition) is 9. The van der Waals surface area contributed by atoms with Crippen molar-refractivity contribution in [2.45, 2.75) is 64.1 Å². The number of hydrogen-bond donors (Lipinski definition) is 0. The van der Waals surface area contributed by atoms with E-state index in [1.807, 2.05) is 30.3 Å². The van der Waals surface area contributed by atoms with E-state index in [0.29, 0.717) is 31.2 Å². The van der Waals surface area contributed by atoms with E-state index in [4.69, 9.17) is 79.6 Å². The molecule has 0 radical (unpaired) electrons. The number of rotatable bonds is 18. The lowest BCUT2D eigenvalue weighted by atomic mass is 10.1. The molecule has 5 atom stereocenters. The Morgan fingerprint density at radius 1 is 0.788 bits per heavy atom. The minimum atomic E-state index is -1.06. The van der Waals surface area contributed by atoms with E-state index in [0.717, 1.165) is 15.7 Å². The molecule has 1 aliphatic heterocycles. The van der Waals surface area contributed by atoms with E-state index < -0.39 is 41.9 Å². The third-order valence-corrected chi connectivity index (χ3v) is 9.59. The maximum absolute atomic E-state index is 14.1. The Kier molecular flexibility index (Phi) is 15.2. The molecule has 0 amide bonds. The lowest BCUT2D eigenvalue weighted by molar-refractivity contribution is -0.117. The molecule has 15 heteroatoms. The van der Waals surface area contributed by atoms with Crippen LogP contribution in [0.15, 0.2) is 82.5 Å². The summed E-state index contributed by atoms with van der Waals surface area (Å²) in [4.78, 5) is 27.3. The van der Waals surface area contributed by atoms with Gasteiger partial charge >= 0.3 is 5.69 Å². The lowest BCUT2D eigenvalue weighted by Gasteiger charge is -2.27. The Labute approximate surface area is 321 Å². The predicted octanol–water partition coefficient (Wildman–Crippen LogP) is 6.85. The zero-order chi connectivity index (χ0) is 37.2. The van der Waals surface area contributed by atoms with Gasteiger partial charge in [0.25, 0.3) is 5.56 Å². The van der Waals surface area contributed by atoms with Gasteiger partial charge in [-0.1, -0.05) is 88.9 Å². The molecule has 0 bridgehead atoms. The van der Waals surface area contributed by atoms with Crippen molar-refractivity contribution >= 4 is 46.4 Å². The monoisotopic (exact) mass is 796 g/mol. The molecule has 0 N–H and O–H groups in total. The normalized spacial score (nSPS) is 19.3. The number of halogens is 4. The number of aryl methyl sites for hydroxylation is 1. The fraction of sp³-hybridized carbons (Fsp3) is 0.405. The first kappa shape index (κ1) is 40.4. The van der Waals surface area contributed by atoms with E-state index in [2.05, 4.69) is 0 Å². The van der Waals surface area contributed by atoms with Crippen molar-refractivity contribution in [2.75, 3.05) is 34.0 Å². The molecule has 1 saturated heterocycles. The Bertz CT molecular complexity index is 1890. The molecule has 5 rings (SSSR count). The summed E-state index contributed by atoms with van der Waals surface area (Å²) in [5.74, 6) is 0. The second-order valence-corrected chi connectivity index (χ2v) is 13.8. The van der Waals surface area contributed by atoms with Gasteiger partial charge in [-0.3, -0.25) is 9.36 Å². The van der Waals surface area contributed by atoms with E-state index in [-0.39, 0.29) is 46.4 Å². The molecule has 1 fully saturated rings. The van der Waals surface area contributed by atoms with Crippen molar-refractivity contribution in [3.63, 3.8) is 0 Å². The minimum absolute atomic E-state index is 0.0215. The molecule has 0 unspecified atom stereocenters. The third-order valence-electron chi connectivity index (χ3n) is 8.42. The van der Waals surface area contributed by atoms with Crippen LogP contribution in [-0.2, 0) is 59.7 Å². The summed E-state index contributed by atoms with van der Waals surface area (Å²) >= 11 is 25.1. The summed E-state index contributed by atoms with van der Waals surface area (Å²) in [6.07, 6.45) is -2.53. The highest BCUT2D eigenvalue weighted by atomic mass is 35.5. The first-order valence-electron chi connectivity index (χ1n) is 16.4. The fourth-order valence-electron chi connectivity index (χ4n) is 5.67. The van der Waals surface area contributed by atoms with Gasteiger partial charge in [-0.25, -0.2) is 9.36 Å². The Morgan fingerprint density at radius 2 is 1.46 bits per heavy atom. The van der Waals surface area contributed by atoms with Crippen LogP contribution in [0.1, 0.15) is 28.5 Å². The second kappa shape index (κ2) is 19.5. The fourth-order valence-corrected chi connectivity index (χ4v) is 6.59. The molecule has 0 aliphatic carbocycles. The molecule has 0 spiro atoms. The summed E-state index contributed by atoms with van der Waals surface area (Å²) in [5.41, 5.74) is 1.43. The van der Waals surface area contributed by atoms with Crippen molar-refractivity contribution < 1.29 is 33.2 Å². The minimum Gasteiger partial charge on any atom is -0.382 e. The van der Waals surface area contributed by atoms with Crippen LogP contribution >= 0.6 is 46.4 Å². The Hall–Kier alpha value is -2.78. The van der Waals surface area contributed by atoms with Gasteiger partial charge < -0.3 is 33.2 Å². The summed E-state index contributed by atoms with van der Waals surface area (Å²) in [5, 5.41) is 1.85. The van der Waals surface area contributed by atoms with Crippen LogP contribution in [0.5, 0.6) is 0 Å². The van der Waals surface area contributed by atoms with Crippen LogP contribution in [0.2, 0.25) is 20.1 Å². The van der Waals surface area contributed by atoms with Gasteiger partial charge in [-0.05, 0) is 47.9 Å². The molecule has 1 aliphatic rings. The summed E-state index contributed by atoms with van der Waals surface area (Å²) < 4.78 is 44.7. The van der Waals surface area contributed by atoms with Gasteiger partial charge in [0.1, 0.15) is 31.1 Å². The maximum atomic E-state index is 14.1. The van der Waals surface area contributed by atoms with E-state index in [9.17, 15) is 9.59 Å². The van der Waals surface area contributed by atoms with Crippen LogP contribution in [0.3, 0.4) is 0 Å². The Morgan fingerprint density at radius 3 is 2.10 bits per heavy atom. The number of benzene rings is 3. The Balaban J connectivity index is 1.47. The second-order valence-electron chi connectivity index (χ2n) is 12.1. The highest BCUT2D eigenvalue weighted by Crippen LogP contribution is 2.35. The smallest absolute Gasteiger partial charge is 0.335 e. The van der Waals surface area contributed by atoms with Gasteiger partial charge in [0.15, 0.2) is 6.23 Å². The zero-order valence-corrected chi connectivity index (χ0v) is 31.9. The molecular formula is C37H40Cl4N2O9. The summed E-state index contributed by atoms with van der Waals surface area (Å²) in [7, 11) is 3.10.